The number of anilines is 2. The van der Waals surface area contributed by atoms with E-state index in [2.05, 4.69) is 20.6 Å². The quantitative estimate of drug-likeness (QED) is 0.358. The molecular weight excluding hydrogens is 400 g/mol. The number of carbonyl (C=O) groups excluding carboxylic acids is 1. The van der Waals surface area contributed by atoms with E-state index in [0.717, 1.165) is 12.1 Å². The Morgan fingerprint density at radius 1 is 1.00 bits per heavy atom. The second-order valence-corrected chi connectivity index (χ2v) is 6.46. The molecule has 30 heavy (non-hydrogen) atoms. The van der Waals surface area contributed by atoms with Crippen LogP contribution in [0.25, 0.3) is 22.2 Å². The summed E-state index contributed by atoms with van der Waals surface area (Å²) in [7, 11) is 0. The van der Waals surface area contributed by atoms with Crippen molar-refractivity contribution in [1.29, 1.82) is 0 Å². The van der Waals surface area contributed by atoms with Crippen molar-refractivity contribution in [3.8, 4) is 11.3 Å². The molecule has 2 heterocycles. The van der Waals surface area contributed by atoms with Crippen molar-refractivity contribution in [3.05, 3.63) is 78.4 Å². The zero-order chi connectivity index (χ0) is 21.3. The minimum absolute atomic E-state index is 0.0312. The van der Waals surface area contributed by atoms with Crippen LogP contribution in [0.2, 0.25) is 0 Å². The number of amides is 2. The number of nitrogens with one attached hydrogen (secondary N) is 3. The molecule has 0 bridgehead atoms. The van der Waals surface area contributed by atoms with E-state index in [4.69, 9.17) is 0 Å². The van der Waals surface area contributed by atoms with Crippen molar-refractivity contribution in [3.63, 3.8) is 0 Å². The number of alkyl halides is 3. The molecule has 5 nitrogen and oxygen atoms in total. The van der Waals surface area contributed by atoms with Gasteiger partial charge in [0.2, 0.25) is 0 Å². The van der Waals surface area contributed by atoms with Gasteiger partial charge < -0.3 is 15.6 Å². The lowest BCUT2D eigenvalue weighted by Crippen LogP contribution is -2.20. The van der Waals surface area contributed by atoms with Crippen molar-refractivity contribution >= 4 is 28.3 Å². The molecule has 0 fully saturated rings. The van der Waals surface area contributed by atoms with Gasteiger partial charge in [-0.2, -0.15) is 13.2 Å². The normalized spacial score (nSPS) is 11.5. The molecule has 152 valence electrons. The number of hydrogen-bond acceptors (Lipinski definition) is 2. The van der Waals surface area contributed by atoms with Gasteiger partial charge >= 0.3 is 12.2 Å². The van der Waals surface area contributed by atoms with E-state index >= 15 is 0 Å². The minimum atomic E-state index is -4.53. The summed E-state index contributed by atoms with van der Waals surface area (Å²) in [4.78, 5) is 19.7. The number of halogens is 4. The number of carbonyl (C=O) groups is 1. The smallest absolute Gasteiger partial charge is 0.353 e. The Morgan fingerprint density at radius 2 is 1.83 bits per heavy atom. The number of aromatic amines is 1. The molecule has 0 aliphatic heterocycles. The zero-order valence-corrected chi connectivity index (χ0v) is 15.2. The fourth-order valence-electron chi connectivity index (χ4n) is 3.07. The van der Waals surface area contributed by atoms with Crippen LogP contribution >= 0.6 is 0 Å². The number of urea groups is 1. The van der Waals surface area contributed by atoms with Crippen LogP contribution in [0.5, 0.6) is 0 Å². The summed E-state index contributed by atoms with van der Waals surface area (Å²) in [5, 5.41) is 5.40. The predicted molar refractivity (Wildman–Crippen MR) is 106 cm³/mol. The lowest BCUT2D eigenvalue weighted by molar-refractivity contribution is -0.137. The number of pyridine rings is 1. The fraction of sp³-hybridized carbons (Fsp3) is 0.0476. The van der Waals surface area contributed by atoms with Crippen LogP contribution in [-0.4, -0.2) is 16.0 Å². The molecule has 0 aliphatic rings. The van der Waals surface area contributed by atoms with Crippen LogP contribution in [0.4, 0.5) is 33.7 Å². The Morgan fingerprint density at radius 3 is 2.57 bits per heavy atom. The molecule has 0 saturated heterocycles. The molecule has 0 radical (unpaired) electrons. The number of fused-ring (bicyclic) bond motifs is 1. The van der Waals surface area contributed by atoms with Crippen LogP contribution in [0, 0.1) is 5.82 Å². The fourth-order valence-corrected chi connectivity index (χ4v) is 3.07. The van der Waals surface area contributed by atoms with Gasteiger partial charge in [0, 0.05) is 34.5 Å². The Balaban J connectivity index is 1.68. The first kappa shape index (κ1) is 19.4. The highest BCUT2D eigenvalue weighted by Crippen LogP contribution is 2.35. The van der Waals surface area contributed by atoms with Crippen molar-refractivity contribution in [1.82, 2.24) is 9.97 Å². The Bertz CT molecular complexity index is 1220. The SMILES string of the molecule is O=C(Nc1cccc(C(F)(F)F)c1)Nc1c(-c2cccnc2)[nH]c2ccc(F)cc12. The minimum Gasteiger partial charge on any atom is -0.353 e. The second kappa shape index (κ2) is 7.51. The third-order valence-electron chi connectivity index (χ3n) is 4.40. The summed E-state index contributed by atoms with van der Waals surface area (Å²) in [6, 6.07) is 11.0. The number of aromatic nitrogens is 2. The van der Waals surface area contributed by atoms with E-state index in [1.54, 1.807) is 24.5 Å². The molecule has 2 aromatic heterocycles. The number of H-pyrrole nitrogens is 1. The van der Waals surface area contributed by atoms with Gasteiger partial charge in [-0.3, -0.25) is 4.98 Å². The van der Waals surface area contributed by atoms with Gasteiger partial charge in [-0.1, -0.05) is 6.07 Å². The Hall–Kier alpha value is -3.88. The monoisotopic (exact) mass is 414 g/mol. The molecule has 4 aromatic rings. The maximum Gasteiger partial charge on any atom is 0.416 e. The van der Waals surface area contributed by atoms with Gasteiger partial charge in [0.05, 0.1) is 16.9 Å². The van der Waals surface area contributed by atoms with E-state index in [1.165, 1.54) is 30.3 Å². The first-order valence-electron chi connectivity index (χ1n) is 8.78. The summed E-state index contributed by atoms with van der Waals surface area (Å²) in [6.45, 7) is 0. The molecule has 0 saturated carbocycles. The Kier molecular flexibility index (Phi) is 4.86. The highest BCUT2D eigenvalue weighted by Gasteiger charge is 2.30. The van der Waals surface area contributed by atoms with Crippen molar-refractivity contribution in [2.45, 2.75) is 6.18 Å². The van der Waals surface area contributed by atoms with Crippen molar-refractivity contribution in [2.24, 2.45) is 0 Å². The van der Waals surface area contributed by atoms with Crippen molar-refractivity contribution < 1.29 is 22.4 Å². The highest BCUT2D eigenvalue weighted by molar-refractivity contribution is 6.10. The lowest BCUT2D eigenvalue weighted by Gasteiger charge is -2.11. The molecule has 0 unspecified atom stereocenters. The number of rotatable bonds is 3. The second-order valence-electron chi connectivity index (χ2n) is 6.46. The van der Waals surface area contributed by atoms with Gasteiger partial charge in [-0.15, -0.1) is 0 Å². The van der Waals surface area contributed by atoms with Crippen LogP contribution in [0.1, 0.15) is 5.56 Å². The van der Waals surface area contributed by atoms with Crippen LogP contribution in [-0.2, 0) is 6.18 Å². The van der Waals surface area contributed by atoms with Gasteiger partial charge in [-0.25, -0.2) is 9.18 Å². The summed E-state index contributed by atoms with van der Waals surface area (Å²) < 4.78 is 52.5. The number of benzene rings is 2. The number of hydrogen-bond donors (Lipinski definition) is 3. The molecule has 3 N–H and O–H groups in total. The summed E-state index contributed by atoms with van der Waals surface area (Å²) in [5.41, 5.74) is 1.07. The lowest BCUT2D eigenvalue weighted by atomic mass is 10.1. The average molecular weight is 414 g/mol. The largest absolute Gasteiger partial charge is 0.416 e. The van der Waals surface area contributed by atoms with E-state index < -0.39 is 23.6 Å². The predicted octanol–water partition coefficient (Wildman–Crippen LogP) is 6.03. The molecule has 4 rings (SSSR count). The van der Waals surface area contributed by atoms with Gasteiger partial charge in [0.1, 0.15) is 5.82 Å². The first-order chi connectivity index (χ1) is 14.3. The maximum absolute atomic E-state index is 13.8. The van der Waals surface area contributed by atoms with Crippen LogP contribution < -0.4 is 10.6 Å². The first-order valence-corrected chi connectivity index (χ1v) is 8.78. The van der Waals surface area contributed by atoms with E-state index in [9.17, 15) is 22.4 Å². The van der Waals surface area contributed by atoms with E-state index in [1.807, 2.05) is 0 Å². The molecule has 0 spiro atoms. The third kappa shape index (κ3) is 3.95. The molecule has 2 aromatic carbocycles. The molecule has 0 atom stereocenters. The maximum atomic E-state index is 13.8. The van der Waals surface area contributed by atoms with Gasteiger partial charge in [0.25, 0.3) is 0 Å². The van der Waals surface area contributed by atoms with E-state index in [-0.39, 0.29) is 11.4 Å². The topological polar surface area (TPSA) is 69.8 Å². The van der Waals surface area contributed by atoms with Crippen LogP contribution in [0.15, 0.2) is 67.0 Å². The van der Waals surface area contributed by atoms with Crippen LogP contribution in [0.3, 0.4) is 0 Å². The number of nitrogens with zero attached hydrogens (tertiary/aromatic N) is 1. The highest BCUT2D eigenvalue weighted by atomic mass is 19.4. The van der Waals surface area contributed by atoms with E-state index in [0.29, 0.717) is 22.2 Å². The molecular formula is C21H14F4N4O. The standard InChI is InChI=1S/C21H14F4N4O/c22-14-6-7-17-16(10-14)19(18(28-17)12-3-2-8-26-11-12)29-20(30)27-15-5-1-4-13(9-15)21(23,24)25/h1-11,28H,(H2,27,29,30). The summed E-state index contributed by atoms with van der Waals surface area (Å²) in [5.74, 6) is -0.499. The van der Waals surface area contributed by atoms with Gasteiger partial charge in [-0.05, 0) is 48.5 Å². The molecule has 9 heteroatoms. The zero-order valence-electron chi connectivity index (χ0n) is 15.2. The average Bonchev–Trinajstić information content (AvgIpc) is 3.06. The van der Waals surface area contributed by atoms with Crippen molar-refractivity contribution in [2.75, 3.05) is 10.6 Å². The molecule has 0 aliphatic carbocycles. The summed E-state index contributed by atoms with van der Waals surface area (Å²) in [6.07, 6.45) is -1.38. The van der Waals surface area contributed by atoms with Gasteiger partial charge in [0.15, 0.2) is 0 Å². The summed E-state index contributed by atoms with van der Waals surface area (Å²) >= 11 is 0. The third-order valence-corrected chi connectivity index (χ3v) is 4.40. The Labute approximate surface area is 167 Å². The molecule has 2 amide bonds.